The summed E-state index contributed by atoms with van der Waals surface area (Å²) in [6.45, 7) is 1.85. The molecule has 0 aliphatic heterocycles. The van der Waals surface area contributed by atoms with Crippen LogP contribution in [0.1, 0.15) is 42.1 Å². The van der Waals surface area contributed by atoms with Crippen LogP contribution in [0.5, 0.6) is 0 Å². The summed E-state index contributed by atoms with van der Waals surface area (Å²) in [5.41, 5.74) is 4.37. The molecule has 0 saturated carbocycles. The highest BCUT2D eigenvalue weighted by atomic mass is 19.1. The lowest BCUT2D eigenvalue weighted by Gasteiger charge is -2.08. The summed E-state index contributed by atoms with van der Waals surface area (Å²) in [7, 11) is 0. The van der Waals surface area contributed by atoms with E-state index in [0.29, 0.717) is 0 Å². The predicted molar refractivity (Wildman–Crippen MR) is 99.4 cm³/mol. The maximum Gasteiger partial charge on any atom is 0.259 e. The fourth-order valence-corrected chi connectivity index (χ4v) is 2.30. The summed E-state index contributed by atoms with van der Waals surface area (Å²) >= 11 is 0. The lowest BCUT2D eigenvalue weighted by molar-refractivity contribution is -0.120. The molecule has 136 valence electrons. The Bertz CT molecular complexity index is 776. The number of benzene rings is 2. The summed E-state index contributed by atoms with van der Waals surface area (Å²) in [5.74, 6) is -1.47. The first-order chi connectivity index (χ1) is 12.6. The van der Waals surface area contributed by atoms with Crippen molar-refractivity contribution in [3.8, 4) is 0 Å². The Morgan fingerprint density at radius 3 is 2.46 bits per heavy atom. The molecule has 0 unspecified atom stereocenters. The van der Waals surface area contributed by atoms with Crippen LogP contribution in [-0.2, 0) is 4.79 Å². The van der Waals surface area contributed by atoms with Crippen molar-refractivity contribution >= 4 is 17.5 Å². The van der Waals surface area contributed by atoms with Crippen LogP contribution in [0.25, 0.3) is 0 Å². The zero-order valence-electron chi connectivity index (χ0n) is 14.7. The number of hydrogen-bond donors (Lipinski definition) is 2. The van der Waals surface area contributed by atoms with E-state index in [-0.39, 0.29) is 12.1 Å². The third-order valence-corrected chi connectivity index (χ3v) is 3.69. The molecule has 0 spiro atoms. The van der Waals surface area contributed by atoms with Gasteiger partial charge < -0.3 is 5.32 Å². The molecule has 0 aliphatic rings. The minimum absolute atomic E-state index is 0.161. The quantitative estimate of drug-likeness (QED) is 0.564. The van der Waals surface area contributed by atoms with Crippen molar-refractivity contribution in [3.05, 3.63) is 71.5 Å². The van der Waals surface area contributed by atoms with Gasteiger partial charge in [-0.15, -0.1) is 0 Å². The van der Waals surface area contributed by atoms with E-state index in [4.69, 9.17) is 0 Å². The van der Waals surface area contributed by atoms with E-state index in [0.717, 1.165) is 36.6 Å². The van der Waals surface area contributed by atoms with Crippen LogP contribution >= 0.6 is 0 Å². The third kappa shape index (κ3) is 6.12. The second-order valence-corrected chi connectivity index (χ2v) is 5.76. The van der Waals surface area contributed by atoms with Gasteiger partial charge in [0.15, 0.2) is 0 Å². The number of hydrazone groups is 1. The van der Waals surface area contributed by atoms with E-state index < -0.39 is 17.6 Å². The molecule has 0 fully saturated rings. The molecule has 0 aliphatic carbocycles. The monoisotopic (exact) mass is 355 g/mol. The number of amides is 2. The van der Waals surface area contributed by atoms with Gasteiger partial charge >= 0.3 is 0 Å². The molecule has 0 aromatic heterocycles. The van der Waals surface area contributed by atoms with Crippen molar-refractivity contribution < 1.29 is 14.0 Å². The molecule has 2 aromatic rings. The van der Waals surface area contributed by atoms with E-state index in [1.807, 2.05) is 30.3 Å². The Morgan fingerprint density at radius 1 is 1.04 bits per heavy atom. The van der Waals surface area contributed by atoms with Gasteiger partial charge in [0.25, 0.3) is 11.8 Å². The van der Waals surface area contributed by atoms with Crippen molar-refractivity contribution in [2.45, 2.75) is 26.2 Å². The van der Waals surface area contributed by atoms with Crippen LogP contribution in [0.3, 0.4) is 0 Å². The molecule has 0 heterocycles. The minimum atomic E-state index is -0.516. The number of rotatable bonds is 8. The van der Waals surface area contributed by atoms with Gasteiger partial charge in [0.1, 0.15) is 5.82 Å². The first kappa shape index (κ1) is 19.3. The van der Waals surface area contributed by atoms with Gasteiger partial charge in [-0.2, -0.15) is 5.10 Å². The van der Waals surface area contributed by atoms with E-state index in [1.165, 1.54) is 18.2 Å². The normalized spacial score (nSPS) is 11.1. The Balaban J connectivity index is 1.92. The number of hydrogen-bond acceptors (Lipinski definition) is 3. The number of unbranched alkanes of at least 4 members (excludes halogenated alkanes) is 1. The molecule has 0 atom stereocenters. The van der Waals surface area contributed by atoms with Crippen molar-refractivity contribution in [1.82, 2.24) is 10.7 Å². The van der Waals surface area contributed by atoms with Gasteiger partial charge in [-0.25, -0.2) is 9.82 Å². The summed E-state index contributed by atoms with van der Waals surface area (Å²) in [6.07, 6.45) is 2.72. The zero-order valence-corrected chi connectivity index (χ0v) is 14.7. The summed E-state index contributed by atoms with van der Waals surface area (Å²) in [5, 5.41) is 6.65. The molecule has 0 radical (unpaired) electrons. The second kappa shape index (κ2) is 10.1. The molecular formula is C20H22FN3O2. The highest BCUT2D eigenvalue weighted by Crippen LogP contribution is 2.07. The molecule has 5 nitrogen and oxygen atoms in total. The fourth-order valence-electron chi connectivity index (χ4n) is 2.30. The zero-order chi connectivity index (χ0) is 18.8. The van der Waals surface area contributed by atoms with Gasteiger partial charge in [0.2, 0.25) is 0 Å². The van der Waals surface area contributed by atoms with Crippen molar-refractivity contribution in [1.29, 1.82) is 0 Å². The maximum atomic E-state index is 13.1. The summed E-state index contributed by atoms with van der Waals surface area (Å²) in [6, 6.07) is 14.9. The highest BCUT2D eigenvalue weighted by Gasteiger charge is 2.09. The van der Waals surface area contributed by atoms with Crippen LogP contribution in [0, 0.1) is 5.82 Å². The lowest BCUT2D eigenvalue weighted by Crippen LogP contribution is -2.35. The topological polar surface area (TPSA) is 70.6 Å². The van der Waals surface area contributed by atoms with Crippen LogP contribution in [0.2, 0.25) is 0 Å². The Labute approximate surface area is 152 Å². The standard InChI is InChI=1S/C20H22FN3O2/c1-2-3-12-18(15-8-5-4-6-9-15)23-24-19(25)14-22-20(26)16-10-7-11-17(21)13-16/h4-11,13H,2-3,12,14H2,1H3,(H,22,26)(H,24,25)/b23-18-. The van der Waals surface area contributed by atoms with Crippen molar-refractivity contribution in [3.63, 3.8) is 0 Å². The molecule has 6 heteroatoms. The molecule has 2 amide bonds. The molecule has 0 bridgehead atoms. The molecule has 0 saturated heterocycles. The number of nitrogens with one attached hydrogen (secondary N) is 2. The number of carbonyl (C=O) groups is 2. The first-order valence-electron chi connectivity index (χ1n) is 8.54. The average Bonchev–Trinajstić information content (AvgIpc) is 2.67. The van der Waals surface area contributed by atoms with Crippen LogP contribution in [-0.4, -0.2) is 24.1 Å². The Hall–Kier alpha value is -3.02. The third-order valence-electron chi connectivity index (χ3n) is 3.69. The van der Waals surface area contributed by atoms with E-state index in [9.17, 15) is 14.0 Å². The van der Waals surface area contributed by atoms with Gasteiger partial charge in [-0.3, -0.25) is 9.59 Å². The van der Waals surface area contributed by atoms with Gasteiger partial charge in [0, 0.05) is 5.56 Å². The SMILES string of the molecule is CCCC/C(=N/NC(=O)CNC(=O)c1cccc(F)c1)c1ccccc1. The molecule has 2 N–H and O–H groups in total. The summed E-state index contributed by atoms with van der Waals surface area (Å²) in [4.78, 5) is 23.9. The molecular weight excluding hydrogens is 333 g/mol. The number of halogens is 1. The van der Waals surface area contributed by atoms with Gasteiger partial charge in [-0.05, 0) is 36.6 Å². The van der Waals surface area contributed by atoms with Crippen molar-refractivity contribution in [2.75, 3.05) is 6.54 Å². The highest BCUT2D eigenvalue weighted by molar-refractivity contribution is 6.01. The minimum Gasteiger partial charge on any atom is -0.343 e. The van der Waals surface area contributed by atoms with Crippen molar-refractivity contribution in [2.24, 2.45) is 5.10 Å². The Kier molecular flexibility index (Phi) is 7.49. The molecule has 2 rings (SSSR count). The average molecular weight is 355 g/mol. The van der Waals surface area contributed by atoms with Gasteiger partial charge in [0.05, 0.1) is 12.3 Å². The largest absolute Gasteiger partial charge is 0.343 e. The fraction of sp³-hybridized carbons (Fsp3) is 0.250. The Morgan fingerprint density at radius 2 is 1.77 bits per heavy atom. The maximum absolute atomic E-state index is 13.1. The van der Waals surface area contributed by atoms with E-state index in [1.54, 1.807) is 0 Å². The first-order valence-corrected chi connectivity index (χ1v) is 8.54. The summed E-state index contributed by atoms with van der Waals surface area (Å²) < 4.78 is 13.1. The van der Waals surface area contributed by atoms with Crippen LogP contribution < -0.4 is 10.7 Å². The number of carbonyl (C=O) groups excluding carboxylic acids is 2. The van der Waals surface area contributed by atoms with E-state index >= 15 is 0 Å². The number of nitrogens with zero attached hydrogens (tertiary/aromatic N) is 1. The van der Waals surface area contributed by atoms with Crippen LogP contribution in [0.15, 0.2) is 59.7 Å². The predicted octanol–water partition coefficient (Wildman–Crippen LogP) is 3.27. The smallest absolute Gasteiger partial charge is 0.259 e. The second-order valence-electron chi connectivity index (χ2n) is 5.76. The molecule has 2 aromatic carbocycles. The van der Waals surface area contributed by atoms with Gasteiger partial charge in [-0.1, -0.05) is 49.7 Å². The van der Waals surface area contributed by atoms with Crippen LogP contribution in [0.4, 0.5) is 4.39 Å². The molecule has 26 heavy (non-hydrogen) atoms. The van der Waals surface area contributed by atoms with E-state index in [2.05, 4.69) is 22.8 Å². The lowest BCUT2D eigenvalue weighted by atomic mass is 10.1.